The van der Waals surface area contributed by atoms with E-state index in [-0.39, 0.29) is 24.1 Å². The summed E-state index contributed by atoms with van der Waals surface area (Å²) in [6.07, 6.45) is 3.85. The Hall–Kier alpha value is -2.00. The maximum absolute atomic E-state index is 12.1. The summed E-state index contributed by atoms with van der Waals surface area (Å²) in [4.78, 5) is 31.0. The first kappa shape index (κ1) is 17.8. The van der Waals surface area contributed by atoms with Crippen molar-refractivity contribution in [3.8, 4) is 0 Å². The first-order valence-corrected chi connectivity index (χ1v) is 9.37. The maximum atomic E-state index is 12.1. The molecule has 2 aromatic heterocycles. The van der Waals surface area contributed by atoms with Crippen LogP contribution in [0.15, 0.2) is 10.9 Å². The molecule has 1 unspecified atom stereocenters. The number of aromatic nitrogens is 3. The fourth-order valence-corrected chi connectivity index (χ4v) is 3.64. The molecular weight excluding hydrogens is 342 g/mol. The Morgan fingerprint density at radius 1 is 1.56 bits per heavy atom. The smallest absolute Gasteiger partial charge is 0.275 e. The Morgan fingerprint density at radius 2 is 2.40 bits per heavy atom. The van der Waals surface area contributed by atoms with E-state index >= 15 is 0 Å². The van der Waals surface area contributed by atoms with Crippen LogP contribution in [0.4, 0.5) is 5.13 Å². The Balaban J connectivity index is 1.64. The van der Waals surface area contributed by atoms with Gasteiger partial charge in [0.15, 0.2) is 0 Å². The number of aryl methyl sites for hydroxylation is 1. The second-order valence-corrected chi connectivity index (χ2v) is 7.14. The lowest BCUT2D eigenvalue weighted by molar-refractivity contribution is -0.120. The third-order valence-corrected chi connectivity index (χ3v) is 5.07. The number of ether oxygens (including phenoxy) is 1. The molecule has 0 bridgehead atoms. The molecule has 9 heteroatoms. The van der Waals surface area contributed by atoms with Crippen molar-refractivity contribution in [3.05, 3.63) is 22.1 Å². The normalized spacial score (nSPS) is 17.1. The van der Waals surface area contributed by atoms with E-state index in [1.54, 1.807) is 11.9 Å². The van der Waals surface area contributed by atoms with Crippen LogP contribution in [-0.4, -0.2) is 53.4 Å². The van der Waals surface area contributed by atoms with Crippen molar-refractivity contribution < 1.29 is 9.53 Å². The van der Waals surface area contributed by atoms with E-state index < -0.39 is 0 Å². The Bertz CT molecular complexity index is 797. The third kappa shape index (κ3) is 4.35. The van der Waals surface area contributed by atoms with Gasteiger partial charge in [0.1, 0.15) is 0 Å². The van der Waals surface area contributed by atoms with Gasteiger partial charge in [0.2, 0.25) is 16.0 Å². The molecule has 1 atom stereocenters. The first-order chi connectivity index (χ1) is 12.1. The number of rotatable bonds is 7. The number of carbonyl (C=O) groups is 1. The van der Waals surface area contributed by atoms with E-state index in [0.29, 0.717) is 16.6 Å². The summed E-state index contributed by atoms with van der Waals surface area (Å²) >= 11 is 1.31. The first-order valence-electron chi connectivity index (χ1n) is 8.56. The lowest BCUT2D eigenvalue weighted by Crippen LogP contribution is -2.38. The zero-order valence-electron chi connectivity index (χ0n) is 14.5. The minimum absolute atomic E-state index is 0.0933. The quantitative estimate of drug-likeness (QED) is 0.782. The summed E-state index contributed by atoms with van der Waals surface area (Å²) in [7, 11) is 1.78. The molecule has 1 aliphatic rings. The van der Waals surface area contributed by atoms with Crippen molar-refractivity contribution in [1.82, 2.24) is 19.9 Å². The molecule has 8 nitrogen and oxygen atoms in total. The van der Waals surface area contributed by atoms with Crippen LogP contribution in [0.2, 0.25) is 0 Å². The minimum Gasteiger partial charge on any atom is -0.376 e. The molecule has 1 N–H and O–H groups in total. The van der Waals surface area contributed by atoms with Crippen LogP contribution >= 0.6 is 11.3 Å². The van der Waals surface area contributed by atoms with E-state index in [1.165, 1.54) is 21.9 Å². The maximum Gasteiger partial charge on any atom is 0.275 e. The lowest BCUT2D eigenvalue weighted by Gasteiger charge is -2.16. The van der Waals surface area contributed by atoms with E-state index in [9.17, 15) is 9.59 Å². The molecule has 25 heavy (non-hydrogen) atoms. The summed E-state index contributed by atoms with van der Waals surface area (Å²) < 4.78 is 6.78. The average molecular weight is 365 g/mol. The molecule has 1 saturated heterocycles. The molecule has 3 heterocycles. The molecular formula is C16H23N5O3S. The summed E-state index contributed by atoms with van der Waals surface area (Å²) in [5, 5.41) is 7.76. The Labute approximate surface area is 149 Å². The third-order valence-electron chi connectivity index (χ3n) is 4.05. The second kappa shape index (κ2) is 7.92. The number of fused-ring (bicyclic) bond motifs is 1. The summed E-state index contributed by atoms with van der Waals surface area (Å²) in [6, 6.07) is 1.52. The number of hydrogen-bond acceptors (Lipinski definition) is 7. The van der Waals surface area contributed by atoms with Crippen molar-refractivity contribution in [2.75, 3.05) is 31.6 Å². The standard InChI is InChI=1S/C16H23N5O3S/c1-3-5-11-8-14(23)21-15(18-11)25-16(19-21)20(2)10-13(22)17-9-12-6-4-7-24-12/h8,12H,3-7,9-10H2,1-2H3,(H,17,22). The fourth-order valence-electron chi connectivity index (χ4n) is 2.76. The zero-order chi connectivity index (χ0) is 17.8. The number of nitrogens with one attached hydrogen (secondary N) is 1. The van der Waals surface area contributed by atoms with Crippen LogP contribution in [0.5, 0.6) is 0 Å². The van der Waals surface area contributed by atoms with Gasteiger partial charge in [0.05, 0.1) is 12.6 Å². The van der Waals surface area contributed by atoms with Gasteiger partial charge in [0.25, 0.3) is 5.56 Å². The molecule has 0 spiro atoms. The lowest BCUT2D eigenvalue weighted by atomic mass is 10.2. The van der Waals surface area contributed by atoms with Crippen molar-refractivity contribution in [1.29, 1.82) is 0 Å². The molecule has 0 radical (unpaired) electrons. The van der Waals surface area contributed by atoms with Gasteiger partial charge in [-0.2, -0.15) is 4.52 Å². The molecule has 1 fully saturated rings. The molecule has 3 rings (SSSR count). The van der Waals surface area contributed by atoms with Gasteiger partial charge in [0, 0.05) is 32.0 Å². The number of hydrogen-bond donors (Lipinski definition) is 1. The second-order valence-electron chi connectivity index (χ2n) is 6.21. The topological polar surface area (TPSA) is 88.8 Å². The number of nitrogens with zero attached hydrogens (tertiary/aromatic N) is 4. The fraction of sp³-hybridized carbons (Fsp3) is 0.625. The van der Waals surface area contributed by atoms with E-state index in [4.69, 9.17) is 4.74 Å². The van der Waals surface area contributed by atoms with Gasteiger partial charge in [-0.25, -0.2) is 4.98 Å². The molecule has 1 aliphatic heterocycles. The van der Waals surface area contributed by atoms with Crippen molar-refractivity contribution >= 4 is 27.3 Å². The Morgan fingerprint density at radius 3 is 3.12 bits per heavy atom. The van der Waals surface area contributed by atoms with Crippen LogP contribution in [0.3, 0.4) is 0 Å². The van der Waals surface area contributed by atoms with E-state index in [1.807, 2.05) is 6.92 Å². The highest BCUT2D eigenvalue weighted by atomic mass is 32.1. The van der Waals surface area contributed by atoms with E-state index in [0.717, 1.165) is 38.0 Å². The van der Waals surface area contributed by atoms with Gasteiger partial charge < -0.3 is 15.0 Å². The van der Waals surface area contributed by atoms with Crippen LogP contribution in [-0.2, 0) is 16.0 Å². The number of carbonyl (C=O) groups excluding carboxylic acids is 1. The highest BCUT2D eigenvalue weighted by molar-refractivity contribution is 7.20. The molecule has 136 valence electrons. The Kier molecular flexibility index (Phi) is 5.64. The highest BCUT2D eigenvalue weighted by Crippen LogP contribution is 2.20. The minimum atomic E-state index is -0.188. The number of anilines is 1. The van der Waals surface area contributed by atoms with Crippen LogP contribution in [0.25, 0.3) is 4.96 Å². The number of amides is 1. The van der Waals surface area contributed by atoms with Crippen LogP contribution in [0, 0.1) is 0 Å². The van der Waals surface area contributed by atoms with Gasteiger partial charge >= 0.3 is 0 Å². The van der Waals surface area contributed by atoms with Gasteiger partial charge in [-0.05, 0) is 19.3 Å². The van der Waals surface area contributed by atoms with Crippen LogP contribution < -0.4 is 15.8 Å². The van der Waals surface area contributed by atoms with Gasteiger partial charge in [-0.1, -0.05) is 24.7 Å². The summed E-state index contributed by atoms with van der Waals surface area (Å²) in [5.41, 5.74) is 0.590. The monoisotopic (exact) mass is 365 g/mol. The molecule has 0 aromatic carbocycles. The molecule has 2 aromatic rings. The largest absolute Gasteiger partial charge is 0.376 e. The van der Waals surface area contributed by atoms with Crippen molar-refractivity contribution in [2.45, 2.75) is 38.7 Å². The van der Waals surface area contributed by atoms with Crippen molar-refractivity contribution in [3.63, 3.8) is 0 Å². The predicted octanol–water partition coefficient (Wildman–Crippen LogP) is 0.835. The summed E-state index contributed by atoms with van der Waals surface area (Å²) in [6.45, 7) is 3.52. The molecule has 0 aliphatic carbocycles. The average Bonchev–Trinajstić information content (AvgIpc) is 3.23. The van der Waals surface area contributed by atoms with Crippen LogP contribution in [0.1, 0.15) is 31.9 Å². The molecule has 0 saturated carbocycles. The number of likely N-dealkylation sites (N-methyl/N-ethyl adjacent to an activating group) is 1. The van der Waals surface area contributed by atoms with E-state index in [2.05, 4.69) is 15.4 Å². The zero-order valence-corrected chi connectivity index (χ0v) is 15.3. The molecule has 1 amide bonds. The van der Waals surface area contributed by atoms with Crippen molar-refractivity contribution in [2.24, 2.45) is 0 Å². The highest BCUT2D eigenvalue weighted by Gasteiger charge is 2.18. The van der Waals surface area contributed by atoms with Gasteiger partial charge in [-0.15, -0.1) is 5.10 Å². The van der Waals surface area contributed by atoms with Gasteiger partial charge in [-0.3, -0.25) is 9.59 Å². The predicted molar refractivity (Wildman–Crippen MR) is 96.4 cm³/mol. The SMILES string of the molecule is CCCc1cc(=O)n2nc(N(C)CC(=O)NCC3CCCO3)sc2n1. The summed E-state index contributed by atoms with van der Waals surface area (Å²) in [5.74, 6) is -0.0933.